The van der Waals surface area contributed by atoms with Crippen LogP contribution in [0.1, 0.15) is 219 Å². The molecule has 0 radical (unpaired) electrons. The van der Waals surface area contributed by atoms with Gasteiger partial charge in [-0.1, -0.05) is 194 Å². The van der Waals surface area contributed by atoms with Crippen molar-refractivity contribution < 1.29 is 9.59 Å². The minimum Gasteiger partial charge on any atom is -0.355 e. The Morgan fingerprint density at radius 1 is 0.426 bits per heavy atom. The number of amides is 2. The molecule has 5 heteroatoms. The highest BCUT2D eigenvalue weighted by Crippen LogP contribution is 2.16. The molecule has 0 spiro atoms. The lowest BCUT2D eigenvalue weighted by Crippen LogP contribution is -2.50. The number of hydrogen-bond donors (Lipinski definition) is 1. The number of rotatable bonds is 35. The van der Waals surface area contributed by atoms with E-state index in [1.165, 1.54) is 180 Å². The Labute approximate surface area is 294 Å². The smallest absolute Gasteiger partial charge is 0.222 e. The zero-order valence-corrected chi connectivity index (χ0v) is 32.1. The first kappa shape index (κ1) is 43.9. The standard InChI is InChI=1S/C42H83N3O2/c1-3-5-7-9-11-13-15-17-19-21-23-25-27-29-31-33-41(46)43-35-36-44-37-39-45(40-38-44)42(47)34-32-30-28-26-24-22-20-18-16-14-12-10-8-6-4-2/h3-40H2,1-2H3,(H,43,46). The van der Waals surface area contributed by atoms with Crippen LogP contribution in [-0.2, 0) is 9.59 Å². The molecule has 2 amide bonds. The van der Waals surface area contributed by atoms with E-state index in [1.54, 1.807) is 0 Å². The summed E-state index contributed by atoms with van der Waals surface area (Å²) in [5.41, 5.74) is 0. The second-order valence-corrected chi connectivity index (χ2v) is 15.0. The topological polar surface area (TPSA) is 52.7 Å². The summed E-state index contributed by atoms with van der Waals surface area (Å²) in [4.78, 5) is 29.4. The van der Waals surface area contributed by atoms with E-state index >= 15 is 0 Å². The number of carbonyl (C=O) groups is 2. The lowest BCUT2D eigenvalue weighted by Gasteiger charge is -2.34. The summed E-state index contributed by atoms with van der Waals surface area (Å²) in [6.07, 6.45) is 42.0. The Kier molecular flexibility index (Phi) is 32.5. The lowest BCUT2D eigenvalue weighted by atomic mass is 10.0. The highest BCUT2D eigenvalue weighted by molar-refractivity contribution is 5.76. The Bertz CT molecular complexity index is 674. The average Bonchev–Trinajstić information content (AvgIpc) is 3.08. The van der Waals surface area contributed by atoms with Crippen molar-refractivity contribution in [1.29, 1.82) is 0 Å². The normalized spacial score (nSPS) is 13.8. The maximum absolute atomic E-state index is 12.7. The first-order chi connectivity index (χ1) is 23.2. The van der Waals surface area contributed by atoms with E-state index in [4.69, 9.17) is 0 Å². The van der Waals surface area contributed by atoms with Crippen LogP contribution in [0.4, 0.5) is 0 Å². The van der Waals surface area contributed by atoms with Crippen LogP contribution < -0.4 is 5.32 Å². The van der Waals surface area contributed by atoms with Gasteiger partial charge in [-0.15, -0.1) is 0 Å². The SMILES string of the molecule is CCCCCCCCCCCCCCCCCC(=O)NCCN1CCN(C(=O)CCCCCCCCCCCCCCCCC)CC1. The largest absolute Gasteiger partial charge is 0.355 e. The summed E-state index contributed by atoms with van der Waals surface area (Å²) in [5, 5.41) is 3.12. The number of carbonyl (C=O) groups excluding carboxylic acids is 2. The van der Waals surface area contributed by atoms with Crippen LogP contribution in [0.5, 0.6) is 0 Å². The summed E-state index contributed by atoms with van der Waals surface area (Å²) in [6, 6.07) is 0. The molecule has 1 saturated heterocycles. The Morgan fingerprint density at radius 2 is 0.745 bits per heavy atom. The Hall–Kier alpha value is -1.10. The van der Waals surface area contributed by atoms with Crippen molar-refractivity contribution in [2.45, 2.75) is 219 Å². The van der Waals surface area contributed by atoms with Gasteiger partial charge in [0.15, 0.2) is 0 Å². The quantitative estimate of drug-likeness (QED) is 0.0688. The van der Waals surface area contributed by atoms with Gasteiger partial charge in [0.25, 0.3) is 0 Å². The van der Waals surface area contributed by atoms with Crippen molar-refractivity contribution in [3.05, 3.63) is 0 Å². The van der Waals surface area contributed by atoms with Gasteiger partial charge in [-0.2, -0.15) is 0 Å². The van der Waals surface area contributed by atoms with E-state index < -0.39 is 0 Å². The van der Waals surface area contributed by atoms with E-state index in [0.29, 0.717) is 18.7 Å². The molecule has 0 aromatic rings. The molecule has 47 heavy (non-hydrogen) atoms. The molecule has 5 nitrogen and oxygen atoms in total. The highest BCUT2D eigenvalue weighted by atomic mass is 16.2. The molecule has 0 bridgehead atoms. The third kappa shape index (κ3) is 29.5. The highest BCUT2D eigenvalue weighted by Gasteiger charge is 2.20. The minimum absolute atomic E-state index is 0.206. The van der Waals surface area contributed by atoms with Crippen LogP contribution in [0.15, 0.2) is 0 Å². The van der Waals surface area contributed by atoms with E-state index in [-0.39, 0.29) is 5.91 Å². The maximum Gasteiger partial charge on any atom is 0.222 e. The van der Waals surface area contributed by atoms with Crippen molar-refractivity contribution in [3.63, 3.8) is 0 Å². The average molecular weight is 662 g/mol. The molecule has 0 aromatic carbocycles. The van der Waals surface area contributed by atoms with Gasteiger partial charge in [-0.3, -0.25) is 14.5 Å². The molecular formula is C42H83N3O2. The number of unbranched alkanes of at least 4 members (excludes halogenated alkanes) is 28. The number of nitrogens with one attached hydrogen (secondary N) is 1. The van der Waals surface area contributed by atoms with E-state index in [9.17, 15) is 9.59 Å². The van der Waals surface area contributed by atoms with Crippen LogP contribution in [0, 0.1) is 0 Å². The van der Waals surface area contributed by atoms with E-state index in [1.807, 2.05) is 0 Å². The van der Waals surface area contributed by atoms with Crippen LogP contribution in [-0.4, -0.2) is 60.9 Å². The molecule has 1 aliphatic heterocycles. The molecule has 0 aliphatic carbocycles. The van der Waals surface area contributed by atoms with Crippen LogP contribution in [0.2, 0.25) is 0 Å². The molecule has 1 rings (SSSR count). The first-order valence-electron chi connectivity index (χ1n) is 21.4. The molecule has 0 aromatic heterocycles. The summed E-state index contributed by atoms with van der Waals surface area (Å²) < 4.78 is 0. The Balaban J connectivity index is 1.83. The lowest BCUT2D eigenvalue weighted by molar-refractivity contribution is -0.133. The number of hydrogen-bond acceptors (Lipinski definition) is 3. The molecule has 1 heterocycles. The van der Waals surface area contributed by atoms with Gasteiger partial charge in [0.1, 0.15) is 0 Å². The Morgan fingerprint density at radius 3 is 1.11 bits per heavy atom. The second-order valence-electron chi connectivity index (χ2n) is 15.0. The fourth-order valence-corrected chi connectivity index (χ4v) is 7.13. The zero-order valence-electron chi connectivity index (χ0n) is 32.1. The van der Waals surface area contributed by atoms with Gasteiger partial charge in [0.05, 0.1) is 0 Å². The third-order valence-electron chi connectivity index (χ3n) is 10.5. The summed E-state index contributed by atoms with van der Waals surface area (Å²) in [5.74, 6) is 0.549. The van der Waals surface area contributed by atoms with Crippen LogP contribution in [0.25, 0.3) is 0 Å². The predicted octanol–water partition coefficient (Wildman–Crippen LogP) is 11.8. The summed E-state index contributed by atoms with van der Waals surface area (Å²) in [6.45, 7) is 9.73. The molecule has 278 valence electrons. The summed E-state index contributed by atoms with van der Waals surface area (Å²) in [7, 11) is 0. The maximum atomic E-state index is 12.7. The van der Waals surface area contributed by atoms with Crippen molar-refractivity contribution in [2.75, 3.05) is 39.3 Å². The third-order valence-corrected chi connectivity index (χ3v) is 10.5. The molecule has 0 unspecified atom stereocenters. The van der Waals surface area contributed by atoms with E-state index in [0.717, 1.165) is 52.1 Å². The van der Waals surface area contributed by atoms with Gasteiger partial charge in [-0.05, 0) is 12.8 Å². The van der Waals surface area contributed by atoms with Crippen molar-refractivity contribution in [3.8, 4) is 0 Å². The first-order valence-corrected chi connectivity index (χ1v) is 21.4. The van der Waals surface area contributed by atoms with Crippen LogP contribution >= 0.6 is 0 Å². The molecule has 1 fully saturated rings. The molecular weight excluding hydrogens is 578 g/mol. The van der Waals surface area contributed by atoms with Gasteiger partial charge in [0.2, 0.25) is 11.8 Å². The fourth-order valence-electron chi connectivity index (χ4n) is 7.13. The van der Waals surface area contributed by atoms with Gasteiger partial charge >= 0.3 is 0 Å². The van der Waals surface area contributed by atoms with E-state index in [2.05, 4.69) is 29.0 Å². The van der Waals surface area contributed by atoms with Gasteiger partial charge in [0, 0.05) is 52.1 Å². The molecule has 1 aliphatic rings. The van der Waals surface area contributed by atoms with Crippen molar-refractivity contribution in [1.82, 2.24) is 15.1 Å². The van der Waals surface area contributed by atoms with Crippen LogP contribution in [0.3, 0.4) is 0 Å². The number of piperazine rings is 1. The van der Waals surface area contributed by atoms with Gasteiger partial charge in [-0.25, -0.2) is 0 Å². The fraction of sp³-hybridized carbons (Fsp3) is 0.952. The number of nitrogens with zero attached hydrogens (tertiary/aromatic N) is 2. The van der Waals surface area contributed by atoms with Crippen molar-refractivity contribution in [2.24, 2.45) is 0 Å². The molecule has 0 saturated carbocycles. The second kappa shape index (κ2) is 34.8. The predicted molar refractivity (Wildman–Crippen MR) is 205 cm³/mol. The zero-order chi connectivity index (χ0) is 33.9. The van der Waals surface area contributed by atoms with Gasteiger partial charge < -0.3 is 10.2 Å². The minimum atomic E-state index is 0.206. The molecule has 0 atom stereocenters. The van der Waals surface area contributed by atoms with Crippen molar-refractivity contribution >= 4 is 11.8 Å². The molecule has 1 N–H and O–H groups in total. The summed E-state index contributed by atoms with van der Waals surface area (Å²) >= 11 is 0. The monoisotopic (exact) mass is 662 g/mol.